The first-order valence-electron chi connectivity index (χ1n) is 4.74. The molecule has 0 radical (unpaired) electrons. The third-order valence-corrected chi connectivity index (χ3v) is 3.99. The van der Waals surface area contributed by atoms with Crippen LogP contribution >= 0.6 is 0 Å². The normalized spacial score (nSPS) is 13.8. The zero-order valence-electron chi connectivity index (χ0n) is 8.38. The van der Waals surface area contributed by atoms with E-state index in [1.807, 2.05) is 13.8 Å². The molecule has 0 saturated carbocycles. The summed E-state index contributed by atoms with van der Waals surface area (Å²) >= 11 is 0. The van der Waals surface area contributed by atoms with Gasteiger partial charge in [0.05, 0.1) is 0 Å². The van der Waals surface area contributed by atoms with Crippen molar-refractivity contribution in [2.24, 2.45) is 5.73 Å². The Balaban J connectivity index is 3.72. The minimum absolute atomic E-state index is 0.148. The van der Waals surface area contributed by atoms with Crippen molar-refractivity contribution in [3.63, 3.8) is 0 Å². The zero-order chi connectivity index (χ0) is 9.40. The molecule has 12 heavy (non-hydrogen) atoms. The van der Waals surface area contributed by atoms with Crippen molar-refractivity contribution < 1.29 is 8.85 Å². The van der Waals surface area contributed by atoms with E-state index in [1.165, 1.54) is 0 Å². The smallest absolute Gasteiger partial charge is 0.338 e. The van der Waals surface area contributed by atoms with E-state index in [2.05, 4.69) is 6.92 Å². The van der Waals surface area contributed by atoms with Gasteiger partial charge in [-0.1, -0.05) is 13.3 Å². The van der Waals surface area contributed by atoms with Gasteiger partial charge in [0, 0.05) is 18.9 Å². The third-order valence-electron chi connectivity index (χ3n) is 1.63. The van der Waals surface area contributed by atoms with Crippen LogP contribution in [0.25, 0.3) is 0 Å². The second-order valence-electron chi connectivity index (χ2n) is 2.73. The van der Waals surface area contributed by atoms with Crippen LogP contribution < -0.4 is 5.73 Å². The highest BCUT2D eigenvalue weighted by Crippen LogP contribution is 2.01. The van der Waals surface area contributed by atoms with E-state index < -0.39 is 9.28 Å². The van der Waals surface area contributed by atoms with Crippen LogP contribution in [0.5, 0.6) is 0 Å². The average molecular weight is 191 g/mol. The molecule has 0 aliphatic heterocycles. The Morgan fingerprint density at radius 2 is 1.67 bits per heavy atom. The molecule has 0 saturated heterocycles. The first-order chi connectivity index (χ1) is 5.76. The fraction of sp³-hybridized carbons (Fsp3) is 1.00. The van der Waals surface area contributed by atoms with Gasteiger partial charge in [0.25, 0.3) is 0 Å². The van der Waals surface area contributed by atoms with Crippen molar-refractivity contribution in [3.8, 4) is 0 Å². The Morgan fingerprint density at radius 3 is 2.00 bits per heavy atom. The van der Waals surface area contributed by atoms with Gasteiger partial charge >= 0.3 is 9.28 Å². The van der Waals surface area contributed by atoms with E-state index >= 15 is 0 Å². The van der Waals surface area contributed by atoms with E-state index in [-0.39, 0.29) is 5.67 Å². The first-order valence-corrected chi connectivity index (χ1v) is 6.35. The Labute approximate surface area is 77.1 Å². The Hall–Kier alpha value is 0.0969. The fourth-order valence-electron chi connectivity index (χ4n) is 1.09. The second-order valence-corrected chi connectivity index (χ2v) is 4.99. The number of hydrogen-bond acceptors (Lipinski definition) is 3. The first kappa shape index (κ1) is 12.1. The van der Waals surface area contributed by atoms with Gasteiger partial charge in [0.2, 0.25) is 0 Å². The quantitative estimate of drug-likeness (QED) is 0.609. The predicted molar refractivity (Wildman–Crippen MR) is 53.3 cm³/mol. The third kappa shape index (κ3) is 4.87. The number of hydrogen-bond donors (Lipinski definition) is 1. The van der Waals surface area contributed by atoms with Crippen LogP contribution in [0.1, 0.15) is 33.6 Å². The SMILES string of the molecule is CCCC(N)[SiH](OCC)OCC. The molecule has 0 heterocycles. The molecule has 0 aromatic carbocycles. The summed E-state index contributed by atoms with van der Waals surface area (Å²) in [6, 6.07) is 0. The van der Waals surface area contributed by atoms with Crippen molar-refractivity contribution in [2.75, 3.05) is 13.2 Å². The van der Waals surface area contributed by atoms with Crippen LogP contribution in [-0.4, -0.2) is 28.2 Å². The molecular formula is C8H21NO2Si. The van der Waals surface area contributed by atoms with E-state index in [0.717, 1.165) is 12.8 Å². The van der Waals surface area contributed by atoms with E-state index in [9.17, 15) is 0 Å². The highest BCUT2D eigenvalue weighted by atomic mass is 28.3. The molecule has 0 amide bonds. The van der Waals surface area contributed by atoms with Crippen LogP contribution in [0, 0.1) is 0 Å². The lowest BCUT2D eigenvalue weighted by molar-refractivity contribution is 0.203. The zero-order valence-corrected chi connectivity index (χ0v) is 9.53. The summed E-state index contributed by atoms with van der Waals surface area (Å²) in [7, 11) is -1.57. The topological polar surface area (TPSA) is 44.5 Å². The van der Waals surface area contributed by atoms with Gasteiger partial charge in [-0.25, -0.2) is 0 Å². The van der Waals surface area contributed by atoms with Gasteiger partial charge in [-0.2, -0.15) is 0 Å². The maximum Gasteiger partial charge on any atom is 0.338 e. The molecule has 0 aliphatic rings. The predicted octanol–water partition coefficient (Wildman–Crippen LogP) is 0.947. The van der Waals surface area contributed by atoms with Crippen LogP contribution in [0.3, 0.4) is 0 Å². The highest BCUT2D eigenvalue weighted by Gasteiger charge is 2.20. The molecule has 1 atom stereocenters. The summed E-state index contributed by atoms with van der Waals surface area (Å²) < 4.78 is 11.0. The van der Waals surface area contributed by atoms with Gasteiger partial charge < -0.3 is 14.6 Å². The maximum absolute atomic E-state index is 5.91. The molecule has 4 heteroatoms. The molecule has 3 nitrogen and oxygen atoms in total. The summed E-state index contributed by atoms with van der Waals surface area (Å²) in [5.74, 6) is 0. The van der Waals surface area contributed by atoms with Crippen LogP contribution in [0.15, 0.2) is 0 Å². The largest absolute Gasteiger partial charge is 0.396 e. The molecular weight excluding hydrogens is 170 g/mol. The lowest BCUT2D eigenvalue weighted by Crippen LogP contribution is -2.43. The molecule has 0 aromatic rings. The molecule has 0 aromatic heterocycles. The second kappa shape index (κ2) is 7.73. The van der Waals surface area contributed by atoms with Crippen molar-refractivity contribution in [1.82, 2.24) is 0 Å². The molecule has 74 valence electrons. The van der Waals surface area contributed by atoms with Crippen LogP contribution in [-0.2, 0) is 8.85 Å². The van der Waals surface area contributed by atoms with Gasteiger partial charge in [-0.15, -0.1) is 0 Å². The van der Waals surface area contributed by atoms with Crippen molar-refractivity contribution in [3.05, 3.63) is 0 Å². The van der Waals surface area contributed by atoms with Gasteiger partial charge in [0.15, 0.2) is 0 Å². The molecule has 0 bridgehead atoms. The fourth-order valence-corrected chi connectivity index (χ4v) is 2.95. The molecule has 0 aliphatic carbocycles. The van der Waals surface area contributed by atoms with Gasteiger partial charge in [-0.05, 0) is 20.3 Å². The van der Waals surface area contributed by atoms with Crippen molar-refractivity contribution in [2.45, 2.75) is 39.3 Å². The Bertz CT molecular complexity index is 97.1. The lowest BCUT2D eigenvalue weighted by Gasteiger charge is -2.20. The highest BCUT2D eigenvalue weighted by molar-refractivity contribution is 6.46. The van der Waals surface area contributed by atoms with Gasteiger partial charge in [0.1, 0.15) is 0 Å². The van der Waals surface area contributed by atoms with E-state index in [4.69, 9.17) is 14.6 Å². The standard InChI is InChI=1S/C8H21NO2Si/c1-4-7-8(9)12(10-5-2)11-6-3/h8,12H,4-7,9H2,1-3H3. The minimum Gasteiger partial charge on any atom is -0.396 e. The molecule has 1 unspecified atom stereocenters. The minimum atomic E-state index is -1.57. The summed E-state index contributed by atoms with van der Waals surface area (Å²) in [4.78, 5) is 0. The molecule has 0 rings (SSSR count). The number of nitrogens with two attached hydrogens (primary N) is 1. The van der Waals surface area contributed by atoms with E-state index in [1.54, 1.807) is 0 Å². The summed E-state index contributed by atoms with van der Waals surface area (Å²) in [6.07, 6.45) is 2.11. The summed E-state index contributed by atoms with van der Waals surface area (Å²) in [5.41, 5.74) is 6.06. The van der Waals surface area contributed by atoms with Crippen LogP contribution in [0.4, 0.5) is 0 Å². The lowest BCUT2D eigenvalue weighted by atomic mass is 10.3. The van der Waals surface area contributed by atoms with Gasteiger partial charge in [-0.3, -0.25) is 0 Å². The maximum atomic E-state index is 5.91. The average Bonchev–Trinajstić information content (AvgIpc) is 2.04. The van der Waals surface area contributed by atoms with Crippen molar-refractivity contribution >= 4 is 9.28 Å². The Kier molecular flexibility index (Phi) is 7.79. The summed E-state index contributed by atoms with van der Waals surface area (Å²) in [6.45, 7) is 7.53. The monoisotopic (exact) mass is 191 g/mol. The van der Waals surface area contributed by atoms with Crippen LogP contribution in [0.2, 0.25) is 0 Å². The Morgan fingerprint density at radius 1 is 1.17 bits per heavy atom. The summed E-state index contributed by atoms with van der Waals surface area (Å²) in [5, 5.41) is 0. The molecule has 2 N–H and O–H groups in total. The molecule has 0 fully saturated rings. The number of rotatable bonds is 7. The van der Waals surface area contributed by atoms with Crippen molar-refractivity contribution in [1.29, 1.82) is 0 Å². The molecule has 0 spiro atoms. The van der Waals surface area contributed by atoms with E-state index in [0.29, 0.717) is 13.2 Å².